The summed E-state index contributed by atoms with van der Waals surface area (Å²) < 4.78 is 5.53. The summed E-state index contributed by atoms with van der Waals surface area (Å²) >= 11 is 0. The summed E-state index contributed by atoms with van der Waals surface area (Å²) in [6.45, 7) is 0.795. The third kappa shape index (κ3) is 1.95. The number of nitrogens with one attached hydrogen (secondary N) is 1. The van der Waals surface area contributed by atoms with Crippen molar-refractivity contribution < 1.29 is 14.6 Å². The highest BCUT2D eigenvalue weighted by atomic mass is 16.5. The number of carboxylic acids is 1. The number of rotatable bonds is 3. The number of ether oxygens (including phenoxy) is 1. The Hall–Kier alpha value is -1.95. The third-order valence-corrected chi connectivity index (χ3v) is 3.12. The lowest BCUT2D eigenvalue weighted by molar-refractivity contribution is 0.0698. The third-order valence-electron chi connectivity index (χ3n) is 3.12. The van der Waals surface area contributed by atoms with Crippen LogP contribution in [-0.2, 0) is 11.2 Å². The van der Waals surface area contributed by atoms with Crippen molar-refractivity contribution in [2.75, 3.05) is 6.61 Å². The molecule has 0 spiro atoms. The fourth-order valence-electron chi connectivity index (χ4n) is 2.25. The van der Waals surface area contributed by atoms with Crippen LogP contribution >= 0.6 is 0 Å². The molecule has 0 aromatic carbocycles. The lowest BCUT2D eigenvalue weighted by Gasteiger charge is -2.05. The second-order valence-electron chi connectivity index (χ2n) is 4.38. The number of aromatic carboxylic acids is 1. The second-order valence-corrected chi connectivity index (χ2v) is 4.38. The quantitative estimate of drug-likeness (QED) is 0.855. The Morgan fingerprint density at radius 3 is 3.22 bits per heavy atom. The molecule has 94 valence electrons. The number of H-pyrrole nitrogens is 1. The number of carbonyl (C=O) groups is 1. The monoisotopic (exact) mass is 247 g/mol. The molecule has 1 atom stereocenters. The van der Waals surface area contributed by atoms with Crippen LogP contribution in [0.2, 0.25) is 0 Å². The fraction of sp³-hybridized carbons (Fsp3) is 0.417. The number of nitrogens with zero attached hydrogens (tertiary/aromatic N) is 2. The van der Waals surface area contributed by atoms with Gasteiger partial charge in [-0.3, -0.25) is 0 Å². The Morgan fingerprint density at radius 1 is 1.61 bits per heavy atom. The predicted molar refractivity (Wildman–Crippen MR) is 63.5 cm³/mol. The molecule has 1 aliphatic rings. The molecule has 3 heterocycles. The van der Waals surface area contributed by atoms with E-state index in [9.17, 15) is 4.79 Å². The van der Waals surface area contributed by atoms with Gasteiger partial charge < -0.3 is 14.8 Å². The van der Waals surface area contributed by atoms with Crippen LogP contribution in [0.15, 0.2) is 12.3 Å². The number of imidazole rings is 1. The van der Waals surface area contributed by atoms with Gasteiger partial charge in [0.05, 0.1) is 17.2 Å². The van der Waals surface area contributed by atoms with Gasteiger partial charge in [0, 0.05) is 19.2 Å². The zero-order valence-electron chi connectivity index (χ0n) is 9.72. The van der Waals surface area contributed by atoms with Gasteiger partial charge >= 0.3 is 5.97 Å². The summed E-state index contributed by atoms with van der Waals surface area (Å²) in [5.74, 6) is -0.243. The van der Waals surface area contributed by atoms with E-state index in [1.165, 1.54) is 12.3 Å². The van der Waals surface area contributed by atoms with Crippen LogP contribution < -0.4 is 0 Å². The van der Waals surface area contributed by atoms with Crippen molar-refractivity contribution in [3.05, 3.63) is 23.7 Å². The van der Waals surface area contributed by atoms with Gasteiger partial charge in [0.25, 0.3) is 0 Å². The zero-order chi connectivity index (χ0) is 12.5. The Morgan fingerprint density at radius 2 is 2.50 bits per heavy atom. The van der Waals surface area contributed by atoms with E-state index in [0.717, 1.165) is 25.3 Å². The van der Waals surface area contributed by atoms with E-state index in [2.05, 4.69) is 15.0 Å². The number of hydrogen-bond acceptors (Lipinski definition) is 4. The maximum atomic E-state index is 11.1. The summed E-state index contributed by atoms with van der Waals surface area (Å²) in [4.78, 5) is 22.5. The molecular formula is C12H13N3O3. The van der Waals surface area contributed by atoms with Gasteiger partial charge in [-0.15, -0.1) is 0 Å². The standard InChI is InChI=1S/C12H13N3O3/c16-12(17)8-3-4-13-11-10(8)14-9(15-11)6-7-2-1-5-18-7/h3-4,7H,1-2,5-6H2,(H,16,17)(H,13,14,15). The number of carboxylic acid groups (broad SMARTS) is 1. The molecule has 0 bridgehead atoms. The molecule has 0 radical (unpaired) electrons. The van der Waals surface area contributed by atoms with Crippen molar-refractivity contribution in [3.8, 4) is 0 Å². The normalized spacial score (nSPS) is 19.4. The average Bonchev–Trinajstić information content (AvgIpc) is 2.96. The summed E-state index contributed by atoms with van der Waals surface area (Å²) in [7, 11) is 0. The first-order valence-corrected chi connectivity index (χ1v) is 5.92. The van der Waals surface area contributed by atoms with Crippen molar-refractivity contribution in [2.45, 2.75) is 25.4 Å². The molecule has 6 nitrogen and oxygen atoms in total. The Kier molecular flexibility index (Phi) is 2.71. The van der Waals surface area contributed by atoms with Crippen LogP contribution in [0.3, 0.4) is 0 Å². The average molecular weight is 247 g/mol. The SMILES string of the molecule is O=C(O)c1ccnc2nc(CC3CCCO3)[nH]c12. The summed E-state index contributed by atoms with van der Waals surface area (Å²) in [5.41, 5.74) is 1.13. The van der Waals surface area contributed by atoms with E-state index in [1.54, 1.807) is 0 Å². The van der Waals surface area contributed by atoms with E-state index in [0.29, 0.717) is 17.6 Å². The van der Waals surface area contributed by atoms with Gasteiger partial charge in [0.1, 0.15) is 5.82 Å². The molecule has 2 N–H and O–H groups in total. The van der Waals surface area contributed by atoms with Crippen molar-refractivity contribution in [1.82, 2.24) is 15.0 Å². The molecule has 0 aliphatic carbocycles. The first kappa shape index (κ1) is 11.2. The first-order chi connectivity index (χ1) is 8.74. The predicted octanol–water partition coefficient (Wildman–Crippen LogP) is 1.38. The lowest BCUT2D eigenvalue weighted by Crippen LogP contribution is -2.09. The van der Waals surface area contributed by atoms with Crippen LogP contribution in [0.5, 0.6) is 0 Å². The van der Waals surface area contributed by atoms with E-state index in [1.807, 2.05) is 0 Å². The van der Waals surface area contributed by atoms with Crippen LogP contribution in [0, 0.1) is 0 Å². The molecule has 2 aromatic heterocycles. The number of fused-ring (bicyclic) bond motifs is 1. The maximum Gasteiger partial charge on any atom is 0.338 e. The van der Waals surface area contributed by atoms with Crippen molar-refractivity contribution in [1.29, 1.82) is 0 Å². The molecule has 1 fully saturated rings. The summed E-state index contributed by atoms with van der Waals surface area (Å²) in [5, 5.41) is 9.08. The Balaban J connectivity index is 1.94. The van der Waals surface area contributed by atoms with Gasteiger partial charge in [0.15, 0.2) is 5.65 Å². The summed E-state index contributed by atoms with van der Waals surface area (Å²) in [6, 6.07) is 1.47. The van der Waals surface area contributed by atoms with Gasteiger partial charge in [-0.25, -0.2) is 14.8 Å². The molecule has 0 amide bonds. The molecule has 0 saturated carbocycles. The minimum Gasteiger partial charge on any atom is -0.478 e. The molecule has 1 unspecified atom stereocenters. The van der Waals surface area contributed by atoms with E-state index < -0.39 is 5.97 Å². The lowest BCUT2D eigenvalue weighted by atomic mass is 10.2. The van der Waals surface area contributed by atoms with Crippen LogP contribution in [-0.4, -0.2) is 38.7 Å². The fourth-order valence-corrected chi connectivity index (χ4v) is 2.25. The molecule has 2 aromatic rings. The second kappa shape index (κ2) is 4.38. The molecular weight excluding hydrogens is 234 g/mol. The molecule has 6 heteroatoms. The van der Waals surface area contributed by atoms with Gasteiger partial charge in [-0.1, -0.05) is 0 Å². The number of aromatic nitrogens is 3. The number of aromatic amines is 1. The molecule has 18 heavy (non-hydrogen) atoms. The van der Waals surface area contributed by atoms with Gasteiger partial charge in [-0.2, -0.15) is 0 Å². The van der Waals surface area contributed by atoms with Crippen molar-refractivity contribution >= 4 is 17.1 Å². The molecule has 3 rings (SSSR count). The topological polar surface area (TPSA) is 88.1 Å². The Bertz CT molecular complexity index is 587. The highest BCUT2D eigenvalue weighted by Crippen LogP contribution is 2.19. The molecule has 1 saturated heterocycles. The number of pyridine rings is 1. The Labute approximate surface area is 103 Å². The van der Waals surface area contributed by atoms with Crippen molar-refractivity contribution in [2.24, 2.45) is 0 Å². The largest absolute Gasteiger partial charge is 0.478 e. The minimum absolute atomic E-state index is 0.179. The van der Waals surface area contributed by atoms with Gasteiger partial charge in [0.2, 0.25) is 0 Å². The van der Waals surface area contributed by atoms with Crippen LogP contribution in [0.25, 0.3) is 11.2 Å². The van der Waals surface area contributed by atoms with E-state index in [4.69, 9.17) is 9.84 Å². The first-order valence-electron chi connectivity index (χ1n) is 5.92. The van der Waals surface area contributed by atoms with E-state index in [-0.39, 0.29) is 11.7 Å². The smallest absolute Gasteiger partial charge is 0.338 e. The van der Waals surface area contributed by atoms with Gasteiger partial charge in [-0.05, 0) is 18.9 Å². The maximum absolute atomic E-state index is 11.1. The highest BCUT2D eigenvalue weighted by Gasteiger charge is 2.19. The van der Waals surface area contributed by atoms with Crippen molar-refractivity contribution in [3.63, 3.8) is 0 Å². The van der Waals surface area contributed by atoms with Crippen LogP contribution in [0.1, 0.15) is 29.0 Å². The summed E-state index contributed by atoms with van der Waals surface area (Å²) in [6.07, 6.45) is 4.41. The van der Waals surface area contributed by atoms with Crippen LogP contribution in [0.4, 0.5) is 0 Å². The number of hydrogen-bond donors (Lipinski definition) is 2. The minimum atomic E-state index is -0.977. The highest BCUT2D eigenvalue weighted by molar-refractivity contribution is 5.99. The zero-order valence-corrected chi connectivity index (χ0v) is 9.72. The molecule has 1 aliphatic heterocycles. The van der Waals surface area contributed by atoms with E-state index >= 15 is 0 Å².